The quantitative estimate of drug-likeness (QED) is 0.189. The van der Waals surface area contributed by atoms with Crippen LogP contribution in [0.15, 0.2) is 115 Å². The zero-order valence-electron chi connectivity index (χ0n) is 29.7. The van der Waals surface area contributed by atoms with E-state index < -0.39 is 0 Å². The summed E-state index contributed by atoms with van der Waals surface area (Å²) in [6, 6.07) is 44.6. The minimum Gasteiger partial charge on any atom is -0.310 e. The van der Waals surface area contributed by atoms with Gasteiger partial charge in [0.25, 0.3) is 0 Å². The molecule has 0 aromatic heterocycles. The molecule has 11 rings (SSSR count). The van der Waals surface area contributed by atoms with Crippen LogP contribution in [-0.2, 0) is 16.2 Å². The summed E-state index contributed by atoms with van der Waals surface area (Å²) in [5, 5.41) is 0. The molecule has 1 spiro atoms. The third kappa shape index (κ3) is 4.17. The van der Waals surface area contributed by atoms with Crippen LogP contribution in [0.2, 0.25) is 0 Å². The molecule has 0 radical (unpaired) electrons. The van der Waals surface area contributed by atoms with Crippen molar-refractivity contribution in [3.05, 3.63) is 138 Å². The monoisotopic (exact) mass is 639 g/mol. The van der Waals surface area contributed by atoms with Gasteiger partial charge in [0.2, 0.25) is 0 Å². The Morgan fingerprint density at radius 1 is 0.490 bits per heavy atom. The normalized spacial score (nSPS) is 27.8. The average Bonchev–Trinajstić information content (AvgIpc) is 3.42. The van der Waals surface area contributed by atoms with E-state index in [1.165, 1.54) is 95.4 Å². The van der Waals surface area contributed by atoms with E-state index in [4.69, 9.17) is 0 Å². The van der Waals surface area contributed by atoms with Crippen LogP contribution in [0.3, 0.4) is 0 Å². The first-order valence-electron chi connectivity index (χ1n) is 19.1. The molecule has 0 heterocycles. The molecule has 0 N–H and O–H groups in total. The molecule has 0 aliphatic heterocycles. The minimum atomic E-state index is 0.100. The molecule has 4 saturated carbocycles. The Labute approximate surface area is 293 Å². The van der Waals surface area contributed by atoms with Crippen LogP contribution >= 0.6 is 0 Å². The van der Waals surface area contributed by atoms with Crippen LogP contribution < -0.4 is 4.90 Å². The molecule has 1 nitrogen and oxygen atoms in total. The van der Waals surface area contributed by atoms with Crippen LogP contribution in [0.5, 0.6) is 0 Å². The van der Waals surface area contributed by atoms with E-state index in [0.29, 0.717) is 0 Å². The molecular formula is C48H49N. The van der Waals surface area contributed by atoms with Crippen molar-refractivity contribution in [3.8, 4) is 22.3 Å². The molecule has 0 amide bonds. The van der Waals surface area contributed by atoms with Gasteiger partial charge in [0.05, 0.1) is 5.69 Å². The van der Waals surface area contributed by atoms with Crippen molar-refractivity contribution in [1.29, 1.82) is 0 Å². The lowest BCUT2D eigenvalue weighted by Gasteiger charge is -2.61. The maximum Gasteiger partial charge on any atom is 0.0543 e. The Balaban J connectivity index is 1.27. The van der Waals surface area contributed by atoms with Gasteiger partial charge < -0.3 is 4.90 Å². The van der Waals surface area contributed by atoms with Crippen molar-refractivity contribution in [2.24, 2.45) is 23.7 Å². The van der Waals surface area contributed by atoms with E-state index in [9.17, 15) is 0 Å². The summed E-state index contributed by atoms with van der Waals surface area (Å²) in [4.78, 5) is 2.61. The summed E-state index contributed by atoms with van der Waals surface area (Å²) in [5.74, 6) is 3.29. The SMILES string of the molecule is CC1(C)CCC(C)(C)c2cc(N(c3ccccc3)c3cccc4c3-c3c(-c5ccccc5)cccc3C43C4CC5CC(C4)CC3C5)ccc21. The third-order valence-corrected chi connectivity index (χ3v) is 14.1. The second kappa shape index (κ2) is 10.5. The van der Waals surface area contributed by atoms with E-state index >= 15 is 0 Å². The number of hydrogen-bond acceptors (Lipinski definition) is 1. The molecule has 0 saturated heterocycles. The highest BCUT2D eigenvalue weighted by Crippen LogP contribution is 2.71. The zero-order valence-corrected chi connectivity index (χ0v) is 29.7. The fourth-order valence-corrected chi connectivity index (χ4v) is 12.0. The van der Waals surface area contributed by atoms with Crippen LogP contribution in [0.1, 0.15) is 94.9 Å². The average molecular weight is 640 g/mol. The first-order valence-corrected chi connectivity index (χ1v) is 19.1. The van der Waals surface area contributed by atoms with E-state index in [2.05, 4.69) is 148 Å². The Bertz CT molecular complexity index is 2060. The predicted molar refractivity (Wildman–Crippen MR) is 205 cm³/mol. The summed E-state index contributed by atoms with van der Waals surface area (Å²) in [6.45, 7) is 9.78. The molecule has 0 atom stereocenters. The lowest BCUT2D eigenvalue weighted by Crippen LogP contribution is -2.55. The van der Waals surface area contributed by atoms with Gasteiger partial charge in [0.1, 0.15) is 0 Å². The molecule has 5 aromatic carbocycles. The number of hydrogen-bond donors (Lipinski definition) is 0. The smallest absolute Gasteiger partial charge is 0.0543 e. The molecule has 246 valence electrons. The van der Waals surface area contributed by atoms with Crippen LogP contribution in [0.4, 0.5) is 17.1 Å². The molecule has 0 unspecified atom stereocenters. The summed E-state index contributed by atoms with van der Waals surface area (Å²) < 4.78 is 0. The molecule has 6 aliphatic carbocycles. The summed E-state index contributed by atoms with van der Waals surface area (Å²) >= 11 is 0. The van der Waals surface area contributed by atoms with Crippen molar-refractivity contribution >= 4 is 17.1 Å². The zero-order chi connectivity index (χ0) is 33.1. The van der Waals surface area contributed by atoms with Crippen molar-refractivity contribution in [2.75, 3.05) is 4.90 Å². The van der Waals surface area contributed by atoms with Gasteiger partial charge in [-0.1, -0.05) is 113 Å². The predicted octanol–water partition coefficient (Wildman–Crippen LogP) is 12.9. The Morgan fingerprint density at radius 2 is 1.08 bits per heavy atom. The maximum atomic E-state index is 2.61. The number of nitrogens with zero attached hydrogens (tertiary/aromatic N) is 1. The molecule has 6 aliphatic rings. The van der Waals surface area contributed by atoms with Gasteiger partial charge in [0.15, 0.2) is 0 Å². The van der Waals surface area contributed by atoms with E-state index in [1.54, 1.807) is 11.1 Å². The number of para-hydroxylation sites is 1. The van der Waals surface area contributed by atoms with Crippen LogP contribution in [0, 0.1) is 23.7 Å². The van der Waals surface area contributed by atoms with Gasteiger partial charge in [-0.15, -0.1) is 0 Å². The number of benzene rings is 5. The largest absolute Gasteiger partial charge is 0.310 e. The summed E-state index contributed by atoms with van der Waals surface area (Å²) in [6.07, 6.45) is 9.48. The standard InChI is InChI=1S/C48H49N/c1-46(2)23-24-47(3,4)42-30-37(21-22-39(42)46)49(36-15-9-6-10-16-36)43-20-12-19-41-45(43)44-38(33-13-7-5-8-14-33)17-11-18-40(44)48(41)34-26-31-25-32(28-34)29-35(48)27-31/h5-22,30-32,34-35H,23-29H2,1-4H3. The highest BCUT2D eigenvalue weighted by Gasteiger charge is 2.62. The molecule has 4 fully saturated rings. The Morgan fingerprint density at radius 3 is 1.76 bits per heavy atom. The van der Waals surface area contributed by atoms with Gasteiger partial charge in [-0.05, 0) is 149 Å². The molecule has 1 heteroatoms. The molecular weight excluding hydrogens is 591 g/mol. The van der Waals surface area contributed by atoms with Gasteiger partial charge in [-0.25, -0.2) is 0 Å². The number of rotatable bonds is 4. The number of fused-ring (bicyclic) bond motifs is 4. The van der Waals surface area contributed by atoms with Crippen molar-refractivity contribution in [2.45, 2.75) is 88.9 Å². The topological polar surface area (TPSA) is 3.24 Å². The first-order chi connectivity index (χ1) is 23.8. The summed E-state index contributed by atoms with van der Waals surface area (Å²) in [5.41, 5.74) is 16.2. The highest BCUT2D eigenvalue weighted by atomic mass is 15.1. The molecule has 49 heavy (non-hydrogen) atoms. The van der Waals surface area contributed by atoms with Crippen LogP contribution in [0.25, 0.3) is 22.3 Å². The van der Waals surface area contributed by atoms with Gasteiger partial charge in [-0.2, -0.15) is 0 Å². The highest BCUT2D eigenvalue weighted by molar-refractivity contribution is 6.01. The van der Waals surface area contributed by atoms with E-state index in [1.807, 2.05) is 0 Å². The first kappa shape index (κ1) is 29.8. The fraction of sp³-hybridized carbons (Fsp3) is 0.375. The van der Waals surface area contributed by atoms with Crippen molar-refractivity contribution in [3.63, 3.8) is 0 Å². The van der Waals surface area contributed by atoms with Gasteiger partial charge >= 0.3 is 0 Å². The summed E-state index contributed by atoms with van der Waals surface area (Å²) in [7, 11) is 0. The minimum absolute atomic E-state index is 0.100. The fourth-order valence-electron chi connectivity index (χ4n) is 12.0. The second-order valence-electron chi connectivity index (χ2n) is 17.6. The third-order valence-electron chi connectivity index (χ3n) is 14.1. The Hall–Kier alpha value is -4.10. The van der Waals surface area contributed by atoms with Crippen molar-refractivity contribution < 1.29 is 0 Å². The lowest BCUT2D eigenvalue weighted by molar-refractivity contribution is -0.0399. The van der Waals surface area contributed by atoms with Crippen molar-refractivity contribution in [1.82, 2.24) is 0 Å². The maximum absolute atomic E-state index is 2.61. The number of anilines is 3. The molecule has 4 bridgehead atoms. The molecule has 5 aromatic rings. The van der Waals surface area contributed by atoms with Crippen LogP contribution in [-0.4, -0.2) is 0 Å². The van der Waals surface area contributed by atoms with E-state index in [-0.39, 0.29) is 16.2 Å². The Kier molecular flexibility index (Phi) is 6.36. The van der Waals surface area contributed by atoms with Gasteiger partial charge in [-0.3, -0.25) is 0 Å². The van der Waals surface area contributed by atoms with Gasteiger partial charge in [0, 0.05) is 22.4 Å². The van der Waals surface area contributed by atoms with E-state index in [0.717, 1.165) is 23.7 Å². The second-order valence-corrected chi connectivity index (χ2v) is 17.6. The lowest BCUT2D eigenvalue weighted by atomic mass is 9.43.